The third-order valence-electron chi connectivity index (χ3n) is 7.19. The molecule has 188 valence electrons. The molecule has 6 rings (SSSR count). The fourth-order valence-electron chi connectivity index (χ4n) is 4.70. The number of fused-ring (bicyclic) bond motifs is 1. The van der Waals surface area contributed by atoms with E-state index in [9.17, 15) is 9.00 Å². The normalized spacial score (nSPS) is 18.4. The summed E-state index contributed by atoms with van der Waals surface area (Å²) in [6, 6.07) is 23.4. The van der Waals surface area contributed by atoms with Gasteiger partial charge in [0.15, 0.2) is 0 Å². The number of carbonyl (C=O) groups excluding carboxylic acids is 1. The molecule has 0 spiro atoms. The van der Waals surface area contributed by atoms with Gasteiger partial charge in [-0.15, -0.1) is 0 Å². The average molecular weight is 513 g/mol. The molecule has 0 bridgehead atoms. The zero-order chi connectivity index (χ0) is 25.4. The van der Waals surface area contributed by atoms with Gasteiger partial charge in [0.25, 0.3) is 5.91 Å². The second kappa shape index (κ2) is 9.63. The van der Waals surface area contributed by atoms with Crippen LogP contribution in [0.25, 0.3) is 22.6 Å². The van der Waals surface area contributed by atoms with Gasteiger partial charge in [0.05, 0.1) is 17.0 Å². The van der Waals surface area contributed by atoms with E-state index >= 15 is 0 Å². The molecule has 1 aromatic heterocycles. The highest BCUT2D eigenvalue weighted by Gasteiger charge is 2.44. The lowest BCUT2D eigenvalue weighted by Gasteiger charge is -2.25. The van der Waals surface area contributed by atoms with Gasteiger partial charge in [0.1, 0.15) is 23.0 Å². The standard InChI is InChI=1S/C30H28N2O4S/c1-30(13-14-30)37(34)32-28(33)26-10-6-5-9-25(26)22-11-12-23-15-20(18-35-27(23)17-22)16-24-19-36-29(31-24)21-7-3-2-4-8-21/h2-12,17,19-20H,13-16,18H2,1H3,(H,32,33)/t20-,37?/m0/s1. The minimum atomic E-state index is -1.39. The third-order valence-corrected chi connectivity index (χ3v) is 8.86. The second-order valence-electron chi connectivity index (χ2n) is 10.1. The van der Waals surface area contributed by atoms with Crippen molar-refractivity contribution in [2.24, 2.45) is 5.92 Å². The Morgan fingerprint density at radius 2 is 1.84 bits per heavy atom. The lowest BCUT2D eigenvalue weighted by atomic mass is 9.91. The van der Waals surface area contributed by atoms with Crippen LogP contribution in [-0.4, -0.2) is 26.5 Å². The van der Waals surface area contributed by atoms with Crippen LogP contribution in [0.5, 0.6) is 5.75 Å². The number of nitrogens with zero attached hydrogens (tertiary/aromatic N) is 1. The lowest BCUT2D eigenvalue weighted by molar-refractivity contribution is 0.0983. The van der Waals surface area contributed by atoms with Crippen LogP contribution in [0.1, 0.15) is 41.4 Å². The highest BCUT2D eigenvalue weighted by Crippen LogP contribution is 2.40. The third kappa shape index (κ3) is 4.96. The van der Waals surface area contributed by atoms with Crippen molar-refractivity contribution in [3.63, 3.8) is 0 Å². The van der Waals surface area contributed by atoms with Crippen LogP contribution in [-0.2, 0) is 23.8 Å². The zero-order valence-electron chi connectivity index (χ0n) is 20.6. The Hall–Kier alpha value is -3.71. The molecule has 37 heavy (non-hydrogen) atoms. The van der Waals surface area contributed by atoms with Crippen molar-refractivity contribution in [1.29, 1.82) is 0 Å². The van der Waals surface area contributed by atoms with Crippen LogP contribution in [0.15, 0.2) is 83.5 Å². The first-order valence-corrected chi connectivity index (χ1v) is 13.7. The molecule has 7 heteroatoms. The van der Waals surface area contributed by atoms with Crippen molar-refractivity contribution in [2.45, 2.75) is 37.4 Å². The average Bonchev–Trinajstić information content (AvgIpc) is 3.52. The summed E-state index contributed by atoms with van der Waals surface area (Å²) in [4.78, 5) is 17.6. The number of ether oxygens (including phenoxy) is 1. The molecule has 1 aliphatic heterocycles. The van der Waals surface area contributed by atoms with Crippen molar-refractivity contribution < 1.29 is 18.2 Å². The molecule has 1 aliphatic carbocycles. The van der Waals surface area contributed by atoms with E-state index < -0.39 is 11.0 Å². The van der Waals surface area contributed by atoms with Gasteiger partial charge >= 0.3 is 0 Å². The number of amides is 1. The minimum absolute atomic E-state index is 0.295. The van der Waals surface area contributed by atoms with Gasteiger partial charge in [-0.3, -0.25) is 9.52 Å². The fraction of sp³-hybridized carbons (Fsp3) is 0.267. The van der Waals surface area contributed by atoms with Crippen LogP contribution in [0, 0.1) is 5.92 Å². The SMILES string of the molecule is CC1(S(=O)NC(=O)c2ccccc2-c2ccc3c(c2)OC[C@H](Cc2coc(-c4ccccc4)n2)C3)CC1. The van der Waals surface area contributed by atoms with E-state index in [-0.39, 0.29) is 10.7 Å². The molecule has 2 atom stereocenters. The summed E-state index contributed by atoms with van der Waals surface area (Å²) in [5.41, 5.74) is 5.22. The predicted octanol–water partition coefficient (Wildman–Crippen LogP) is 5.75. The number of nitrogens with one attached hydrogen (secondary N) is 1. The number of rotatable bonds is 7. The second-order valence-corrected chi connectivity index (χ2v) is 11.8. The summed E-state index contributed by atoms with van der Waals surface area (Å²) in [6.45, 7) is 2.53. The molecular formula is C30H28N2O4S. The predicted molar refractivity (Wildman–Crippen MR) is 143 cm³/mol. The van der Waals surface area contributed by atoms with Crippen LogP contribution >= 0.6 is 0 Å². The van der Waals surface area contributed by atoms with Gasteiger partial charge in [-0.25, -0.2) is 9.19 Å². The van der Waals surface area contributed by atoms with Gasteiger partial charge < -0.3 is 9.15 Å². The zero-order valence-corrected chi connectivity index (χ0v) is 21.4. The van der Waals surface area contributed by atoms with Crippen molar-refractivity contribution >= 4 is 16.9 Å². The minimum Gasteiger partial charge on any atom is -0.493 e. The van der Waals surface area contributed by atoms with Gasteiger partial charge in [0.2, 0.25) is 5.89 Å². The number of aromatic nitrogens is 1. The van der Waals surface area contributed by atoms with Crippen molar-refractivity contribution in [2.75, 3.05) is 6.61 Å². The van der Waals surface area contributed by atoms with E-state index in [1.54, 1.807) is 12.3 Å². The lowest BCUT2D eigenvalue weighted by Crippen LogP contribution is -2.33. The Morgan fingerprint density at radius 1 is 1.05 bits per heavy atom. The smallest absolute Gasteiger partial charge is 0.263 e. The maximum Gasteiger partial charge on any atom is 0.263 e. The topological polar surface area (TPSA) is 81.4 Å². The number of oxazole rings is 1. The van der Waals surface area contributed by atoms with E-state index in [2.05, 4.69) is 15.8 Å². The Kier molecular flexibility index (Phi) is 6.16. The molecular weight excluding hydrogens is 484 g/mol. The quantitative estimate of drug-likeness (QED) is 0.341. The van der Waals surface area contributed by atoms with Gasteiger partial charge in [-0.1, -0.05) is 48.5 Å². The van der Waals surface area contributed by atoms with E-state index in [0.717, 1.165) is 59.4 Å². The molecule has 2 heterocycles. The summed E-state index contributed by atoms with van der Waals surface area (Å²) in [7, 11) is -1.39. The Labute approximate surface area is 218 Å². The summed E-state index contributed by atoms with van der Waals surface area (Å²) in [5.74, 6) is 1.45. The number of benzene rings is 3. The Balaban J connectivity index is 1.16. The summed E-state index contributed by atoms with van der Waals surface area (Å²) < 4.78 is 26.8. The van der Waals surface area contributed by atoms with Crippen LogP contribution in [0.2, 0.25) is 0 Å². The molecule has 1 amide bonds. The highest BCUT2D eigenvalue weighted by atomic mass is 32.2. The number of hydrogen-bond donors (Lipinski definition) is 1. The molecule has 0 radical (unpaired) electrons. The molecule has 2 aliphatic rings. The van der Waals surface area contributed by atoms with E-state index in [0.29, 0.717) is 24.0 Å². The maximum atomic E-state index is 13.0. The Bertz CT molecular complexity index is 1480. The maximum absolute atomic E-state index is 13.0. The van der Waals surface area contributed by atoms with Crippen LogP contribution in [0.4, 0.5) is 0 Å². The first-order chi connectivity index (χ1) is 18.0. The molecule has 0 saturated heterocycles. The van der Waals surface area contributed by atoms with Crippen molar-refractivity contribution in [3.8, 4) is 28.3 Å². The number of carbonyl (C=O) groups is 1. The first kappa shape index (κ1) is 23.7. The summed E-state index contributed by atoms with van der Waals surface area (Å²) >= 11 is 0. The van der Waals surface area contributed by atoms with E-state index in [1.807, 2.05) is 67.6 Å². The molecule has 1 saturated carbocycles. The molecule has 4 aromatic rings. The fourth-order valence-corrected chi connectivity index (χ4v) is 5.70. The molecule has 1 N–H and O–H groups in total. The van der Waals surface area contributed by atoms with E-state index in [1.165, 1.54) is 0 Å². The summed E-state index contributed by atoms with van der Waals surface area (Å²) in [6.07, 6.45) is 5.13. The van der Waals surface area contributed by atoms with E-state index in [4.69, 9.17) is 9.15 Å². The van der Waals surface area contributed by atoms with Gasteiger partial charge in [0, 0.05) is 17.0 Å². The number of hydrogen-bond acceptors (Lipinski definition) is 5. The largest absolute Gasteiger partial charge is 0.493 e. The molecule has 3 aromatic carbocycles. The molecule has 6 nitrogen and oxygen atoms in total. The van der Waals surface area contributed by atoms with Gasteiger partial charge in [-0.2, -0.15) is 0 Å². The van der Waals surface area contributed by atoms with Gasteiger partial charge in [-0.05, 0) is 73.6 Å². The van der Waals surface area contributed by atoms with Crippen molar-refractivity contribution in [3.05, 3.63) is 95.9 Å². The Morgan fingerprint density at radius 3 is 2.65 bits per heavy atom. The monoisotopic (exact) mass is 512 g/mol. The highest BCUT2D eigenvalue weighted by molar-refractivity contribution is 7.85. The summed E-state index contributed by atoms with van der Waals surface area (Å²) in [5, 5.41) is 0. The molecule has 1 unspecified atom stereocenters. The van der Waals surface area contributed by atoms with Crippen LogP contribution < -0.4 is 9.46 Å². The molecule has 1 fully saturated rings. The first-order valence-electron chi connectivity index (χ1n) is 12.6. The van der Waals surface area contributed by atoms with Crippen LogP contribution in [0.3, 0.4) is 0 Å². The van der Waals surface area contributed by atoms with Crippen molar-refractivity contribution in [1.82, 2.24) is 9.71 Å².